The van der Waals surface area contributed by atoms with Crippen LogP contribution in [0.1, 0.15) is 54.6 Å². The summed E-state index contributed by atoms with van der Waals surface area (Å²) in [7, 11) is 1.54. The van der Waals surface area contributed by atoms with Crippen molar-refractivity contribution in [2.45, 2.75) is 39.7 Å². The number of hydrogen-bond acceptors (Lipinski definition) is 8. The van der Waals surface area contributed by atoms with Crippen LogP contribution in [0.15, 0.2) is 64.4 Å². The highest BCUT2D eigenvalue weighted by Crippen LogP contribution is 2.45. The molecule has 2 atom stereocenters. The van der Waals surface area contributed by atoms with Gasteiger partial charge in [-0.2, -0.15) is 4.98 Å². The van der Waals surface area contributed by atoms with Crippen LogP contribution in [0.4, 0.5) is 11.6 Å². The first-order valence-corrected chi connectivity index (χ1v) is 12.5. The minimum absolute atomic E-state index is 0.124. The van der Waals surface area contributed by atoms with Crippen LogP contribution >= 0.6 is 0 Å². The molecule has 1 aliphatic heterocycles. The van der Waals surface area contributed by atoms with Crippen LogP contribution < -0.4 is 21.3 Å². The molecule has 3 aromatic rings. The van der Waals surface area contributed by atoms with E-state index in [4.69, 9.17) is 14.5 Å². The lowest BCUT2D eigenvalue weighted by Gasteiger charge is -2.33. The number of methoxy groups -OCH3 is 1. The van der Waals surface area contributed by atoms with Crippen molar-refractivity contribution in [1.29, 1.82) is 0 Å². The number of aliphatic imine (C=N–C) groups is 1. The molecule has 0 fully saturated rings. The first kappa shape index (κ1) is 26.6. The molecule has 10 nitrogen and oxygen atoms in total. The van der Waals surface area contributed by atoms with Gasteiger partial charge in [-0.25, -0.2) is 9.79 Å². The lowest BCUT2D eigenvalue weighted by atomic mass is 9.76. The van der Waals surface area contributed by atoms with E-state index in [-0.39, 0.29) is 12.4 Å². The molecule has 0 bridgehead atoms. The number of hydrogen-bond donors (Lipinski definition) is 2. The number of carbonyl (C=O) groups excluding carboxylic acids is 2. The van der Waals surface area contributed by atoms with Crippen molar-refractivity contribution < 1.29 is 19.1 Å². The van der Waals surface area contributed by atoms with Gasteiger partial charge >= 0.3 is 11.7 Å². The van der Waals surface area contributed by atoms with Crippen LogP contribution in [-0.4, -0.2) is 40.9 Å². The van der Waals surface area contributed by atoms with Gasteiger partial charge in [-0.1, -0.05) is 37.3 Å². The molecular weight excluding hydrogens is 486 g/mol. The number of benzene rings is 2. The lowest BCUT2D eigenvalue weighted by molar-refractivity contribution is -0.146. The van der Waals surface area contributed by atoms with E-state index < -0.39 is 29.4 Å². The third-order valence-electron chi connectivity index (χ3n) is 6.36. The summed E-state index contributed by atoms with van der Waals surface area (Å²) in [6, 6.07) is 16.1. The molecule has 1 amide bonds. The van der Waals surface area contributed by atoms with Crippen molar-refractivity contribution in [3.63, 3.8) is 0 Å². The molecule has 2 N–H and O–H groups in total. The summed E-state index contributed by atoms with van der Waals surface area (Å²) >= 11 is 0. The Bertz CT molecular complexity index is 1400. The van der Waals surface area contributed by atoms with E-state index >= 15 is 0 Å². The van der Waals surface area contributed by atoms with E-state index in [1.54, 1.807) is 45.2 Å². The maximum Gasteiger partial charge on any atom is 0.351 e. The summed E-state index contributed by atoms with van der Waals surface area (Å²) in [6.07, 6.45) is 0.681. The summed E-state index contributed by atoms with van der Waals surface area (Å²) in [6.45, 7) is 6.08. The fourth-order valence-corrected chi connectivity index (χ4v) is 4.62. The van der Waals surface area contributed by atoms with Crippen molar-refractivity contribution in [2.24, 2.45) is 10.9 Å². The molecule has 0 spiro atoms. The first-order valence-electron chi connectivity index (χ1n) is 12.5. The molecule has 2 heterocycles. The summed E-state index contributed by atoms with van der Waals surface area (Å²) < 4.78 is 12.1. The summed E-state index contributed by atoms with van der Waals surface area (Å²) in [5, 5.41) is 0. The van der Waals surface area contributed by atoms with Crippen molar-refractivity contribution in [3.05, 3.63) is 81.8 Å². The van der Waals surface area contributed by atoms with Gasteiger partial charge < -0.3 is 9.47 Å². The van der Waals surface area contributed by atoms with Gasteiger partial charge in [0, 0.05) is 29.3 Å². The number of nitrogens with zero attached hydrogens (tertiary/aromatic N) is 3. The largest absolute Gasteiger partial charge is 0.497 e. The summed E-state index contributed by atoms with van der Waals surface area (Å²) in [5.41, 5.74) is 7.23. The maximum absolute atomic E-state index is 13.2. The number of ether oxygens (including phenoxy) is 2. The third-order valence-corrected chi connectivity index (χ3v) is 6.36. The van der Waals surface area contributed by atoms with Gasteiger partial charge in [-0.3, -0.25) is 25.0 Å². The average Bonchev–Trinajstić information content (AvgIpc) is 2.93. The Morgan fingerprint density at radius 2 is 1.76 bits per heavy atom. The Labute approximate surface area is 220 Å². The van der Waals surface area contributed by atoms with E-state index in [2.05, 4.69) is 15.8 Å². The zero-order chi connectivity index (χ0) is 27.2. The number of aromatic nitrogens is 2. The van der Waals surface area contributed by atoms with Gasteiger partial charge in [0.05, 0.1) is 13.7 Å². The Hall–Kier alpha value is -4.47. The van der Waals surface area contributed by atoms with Gasteiger partial charge in [-0.15, -0.1) is 0 Å². The Kier molecular flexibility index (Phi) is 8.20. The van der Waals surface area contributed by atoms with Crippen molar-refractivity contribution >= 4 is 29.2 Å². The highest BCUT2D eigenvalue weighted by atomic mass is 16.5. The molecule has 2 unspecified atom stereocenters. The predicted octanol–water partition coefficient (Wildman–Crippen LogP) is 3.84. The average molecular weight is 518 g/mol. The van der Waals surface area contributed by atoms with Crippen molar-refractivity contribution in [3.8, 4) is 5.75 Å². The third kappa shape index (κ3) is 5.29. The highest BCUT2D eigenvalue weighted by Gasteiger charge is 2.42. The van der Waals surface area contributed by atoms with E-state index in [9.17, 15) is 14.4 Å². The second kappa shape index (κ2) is 11.7. The fraction of sp³-hybridized carbons (Fsp3) is 0.321. The van der Waals surface area contributed by atoms with Gasteiger partial charge in [-0.05, 0) is 50.1 Å². The topological polar surface area (TPSA) is 124 Å². The van der Waals surface area contributed by atoms with Crippen LogP contribution in [0.3, 0.4) is 0 Å². The number of fused-ring (bicyclic) bond motifs is 1. The molecule has 10 heteroatoms. The zero-order valence-corrected chi connectivity index (χ0v) is 21.9. The monoisotopic (exact) mass is 517 g/mol. The zero-order valence-electron chi connectivity index (χ0n) is 21.9. The Balaban J connectivity index is 1.84. The first-order chi connectivity index (χ1) is 18.4. The van der Waals surface area contributed by atoms with Crippen LogP contribution in [-0.2, 0) is 16.1 Å². The van der Waals surface area contributed by atoms with Crippen LogP contribution in [0.2, 0.25) is 0 Å². The van der Waals surface area contributed by atoms with E-state index in [0.29, 0.717) is 41.4 Å². The smallest absolute Gasteiger partial charge is 0.351 e. The molecular formula is C28H31N5O5. The molecule has 198 valence electrons. The molecule has 1 aromatic heterocycles. The van der Waals surface area contributed by atoms with Crippen molar-refractivity contribution in [1.82, 2.24) is 15.0 Å². The molecule has 4 rings (SSSR count). The fourth-order valence-electron chi connectivity index (χ4n) is 4.62. The molecule has 0 saturated carbocycles. The SMILES string of the molecule is CCCn1c2c(c(NNC(=O)c3ccc(OC)cc3)nc1=O)C(c1ccccc1)C(C(=O)OCC)C(C)=N2. The van der Waals surface area contributed by atoms with Crippen LogP contribution in [0.5, 0.6) is 5.75 Å². The number of hydrazine groups is 1. The summed E-state index contributed by atoms with van der Waals surface area (Å²) in [5.74, 6) is -1.01. The molecule has 1 aliphatic rings. The van der Waals surface area contributed by atoms with Gasteiger partial charge in [0.1, 0.15) is 17.5 Å². The Morgan fingerprint density at radius 1 is 1.05 bits per heavy atom. The van der Waals surface area contributed by atoms with Gasteiger partial charge in [0.15, 0.2) is 5.82 Å². The quantitative estimate of drug-likeness (QED) is 0.326. The van der Waals surface area contributed by atoms with E-state index in [1.165, 1.54) is 4.57 Å². The number of esters is 1. The van der Waals surface area contributed by atoms with Gasteiger partial charge in [0.2, 0.25) is 0 Å². The summed E-state index contributed by atoms with van der Waals surface area (Å²) in [4.78, 5) is 48.2. The van der Waals surface area contributed by atoms with E-state index in [0.717, 1.165) is 5.56 Å². The maximum atomic E-state index is 13.2. The van der Waals surface area contributed by atoms with Crippen molar-refractivity contribution in [2.75, 3.05) is 19.1 Å². The molecule has 2 aromatic carbocycles. The van der Waals surface area contributed by atoms with E-state index in [1.807, 2.05) is 37.3 Å². The normalized spacial score (nSPS) is 16.2. The number of nitrogens with one attached hydrogen (secondary N) is 2. The second-order valence-corrected chi connectivity index (χ2v) is 8.81. The predicted molar refractivity (Wildman–Crippen MR) is 144 cm³/mol. The van der Waals surface area contributed by atoms with Crippen LogP contribution in [0, 0.1) is 5.92 Å². The highest BCUT2D eigenvalue weighted by molar-refractivity contribution is 6.05. The lowest BCUT2D eigenvalue weighted by Crippen LogP contribution is -2.39. The Morgan fingerprint density at radius 3 is 2.39 bits per heavy atom. The molecule has 0 saturated heterocycles. The standard InChI is InChI=1S/C28H31N5O5/c1-5-16-33-25-23(22(18-10-8-7-9-11-18)21(17(3)29-25)27(35)38-6-2)24(30-28(33)36)31-32-26(34)19-12-14-20(37-4)15-13-19/h7-15,21-22H,5-6,16H2,1-4H3,(H,32,34)(H,30,31,36). The molecule has 0 aliphatic carbocycles. The minimum atomic E-state index is -0.739. The minimum Gasteiger partial charge on any atom is -0.497 e. The van der Waals surface area contributed by atoms with Gasteiger partial charge in [0.25, 0.3) is 5.91 Å². The van der Waals surface area contributed by atoms with Crippen LogP contribution in [0.25, 0.3) is 0 Å². The number of anilines is 1. The molecule has 0 radical (unpaired) electrons. The molecule has 38 heavy (non-hydrogen) atoms. The number of amides is 1. The number of carbonyl (C=O) groups is 2. The number of rotatable bonds is 9. The second-order valence-electron chi connectivity index (χ2n) is 8.81.